The number of likely N-dealkylation sites (tertiary alicyclic amines) is 1. The highest BCUT2D eigenvalue weighted by Crippen LogP contribution is 2.18. The Balaban J connectivity index is 0.00000529. The molecule has 1 aliphatic heterocycles. The summed E-state index contributed by atoms with van der Waals surface area (Å²) >= 11 is 0. The van der Waals surface area contributed by atoms with Crippen LogP contribution in [-0.2, 0) is 14.3 Å². The van der Waals surface area contributed by atoms with Crippen LogP contribution in [0.15, 0.2) is 4.99 Å². The lowest BCUT2D eigenvalue weighted by Gasteiger charge is -2.33. The summed E-state index contributed by atoms with van der Waals surface area (Å²) < 4.78 is 5.08. The van der Waals surface area contributed by atoms with E-state index in [1.54, 1.807) is 0 Å². The number of carbonyl (C=O) groups excluding carboxylic acids is 2. The third kappa shape index (κ3) is 8.16. The molecule has 0 aromatic carbocycles. The highest BCUT2D eigenvalue weighted by molar-refractivity contribution is 14.0. The first-order valence-corrected chi connectivity index (χ1v) is 8.58. The van der Waals surface area contributed by atoms with Crippen molar-refractivity contribution in [3.8, 4) is 0 Å². The normalized spacial score (nSPS) is 15.5. The number of guanidine groups is 1. The first kappa shape index (κ1) is 22.9. The number of amides is 1. The van der Waals surface area contributed by atoms with E-state index in [0.29, 0.717) is 13.2 Å². The van der Waals surface area contributed by atoms with Crippen molar-refractivity contribution < 1.29 is 14.3 Å². The zero-order valence-electron chi connectivity index (χ0n) is 15.0. The van der Waals surface area contributed by atoms with Crippen LogP contribution < -0.4 is 10.6 Å². The number of rotatable bonds is 7. The molecule has 1 rings (SSSR count). The first-order chi connectivity index (χ1) is 11.1. The Morgan fingerprint density at radius 1 is 1.17 bits per heavy atom. The van der Waals surface area contributed by atoms with E-state index in [0.717, 1.165) is 44.9 Å². The van der Waals surface area contributed by atoms with Crippen LogP contribution in [0.4, 0.5) is 0 Å². The zero-order valence-corrected chi connectivity index (χ0v) is 17.3. The lowest BCUT2D eigenvalue weighted by molar-refractivity contribution is -0.149. The van der Waals surface area contributed by atoms with Gasteiger partial charge in [-0.15, -0.1) is 24.0 Å². The SMILES string of the molecule is CCCNC(=O)CN=C(NCC)N1CCC(C(=O)OCC)CC1.I. The number of ether oxygens (including phenoxy) is 1. The molecule has 0 saturated carbocycles. The molecule has 0 aliphatic carbocycles. The number of hydrogen-bond donors (Lipinski definition) is 2. The number of halogens is 1. The van der Waals surface area contributed by atoms with Crippen molar-refractivity contribution in [2.45, 2.75) is 40.0 Å². The second-order valence-corrected chi connectivity index (χ2v) is 5.53. The molecule has 0 unspecified atom stereocenters. The van der Waals surface area contributed by atoms with E-state index in [-0.39, 0.29) is 48.3 Å². The highest BCUT2D eigenvalue weighted by atomic mass is 127. The molecular weight excluding hydrogens is 423 g/mol. The minimum absolute atomic E-state index is 0. The molecule has 2 N–H and O–H groups in total. The molecule has 1 heterocycles. The summed E-state index contributed by atoms with van der Waals surface area (Å²) in [6.45, 7) is 9.29. The van der Waals surface area contributed by atoms with E-state index in [2.05, 4.69) is 20.5 Å². The molecule has 8 heteroatoms. The third-order valence-corrected chi connectivity index (χ3v) is 3.69. The van der Waals surface area contributed by atoms with E-state index in [4.69, 9.17) is 4.74 Å². The first-order valence-electron chi connectivity index (χ1n) is 8.58. The quantitative estimate of drug-likeness (QED) is 0.263. The molecule has 1 saturated heterocycles. The minimum atomic E-state index is -0.104. The van der Waals surface area contributed by atoms with Gasteiger partial charge in [-0.25, -0.2) is 4.99 Å². The van der Waals surface area contributed by atoms with E-state index in [9.17, 15) is 9.59 Å². The fourth-order valence-electron chi connectivity index (χ4n) is 2.48. The average Bonchev–Trinajstić information content (AvgIpc) is 2.57. The molecule has 0 radical (unpaired) electrons. The van der Waals surface area contributed by atoms with Gasteiger partial charge >= 0.3 is 5.97 Å². The summed E-state index contributed by atoms with van der Waals surface area (Å²) in [6, 6.07) is 0. The summed E-state index contributed by atoms with van der Waals surface area (Å²) in [5.74, 6) is 0.542. The Bertz CT molecular complexity index is 410. The topological polar surface area (TPSA) is 83.0 Å². The number of aliphatic imine (C=N–C) groups is 1. The molecule has 24 heavy (non-hydrogen) atoms. The molecule has 7 nitrogen and oxygen atoms in total. The van der Waals surface area contributed by atoms with Gasteiger partial charge < -0.3 is 20.3 Å². The minimum Gasteiger partial charge on any atom is -0.466 e. The maximum absolute atomic E-state index is 11.8. The molecule has 0 aromatic heterocycles. The van der Waals surface area contributed by atoms with E-state index >= 15 is 0 Å². The van der Waals surface area contributed by atoms with Crippen LogP contribution in [0.1, 0.15) is 40.0 Å². The summed E-state index contributed by atoms with van der Waals surface area (Å²) in [5, 5.41) is 6.03. The predicted molar refractivity (Wildman–Crippen MR) is 106 cm³/mol. The lowest BCUT2D eigenvalue weighted by Crippen LogP contribution is -2.47. The van der Waals surface area contributed by atoms with Crippen LogP contribution >= 0.6 is 24.0 Å². The second-order valence-electron chi connectivity index (χ2n) is 5.53. The molecule has 140 valence electrons. The van der Waals surface area contributed by atoms with Crippen LogP contribution in [0.2, 0.25) is 0 Å². The average molecular weight is 454 g/mol. The van der Waals surface area contributed by atoms with Crippen molar-refractivity contribution in [2.24, 2.45) is 10.9 Å². The maximum Gasteiger partial charge on any atom is 0.309 e. The van der Waals surface area contributed by atoms with Gasteiger partial charge in [0.25, 0.3) is 0 Å². The van der Waals surface area contributed by atoms with Gasteiger partial charge in [0.15, 0.2) is 5.96 Å². The summed E-state index contributed by atoms with van der Waals surface area (Å²) in [5.41, 5.74) is 0. The van der Waals surface area contributed by atoms with Crippen LogP contribution in [0, 0.1) is 5.92 Å². The summed E-state index contributed by atoms with van der Waals surface area (Å²) in [4.78, 5) is 30.0. The zero-order chi connectivity index (χ0) is 17.1. The van der Waals surface area contributed by atoms with Crippen LogP contribution in [-0.4, -0.2) is 62.1 Å². The molecule has 1 fully saturated rings. The lowest BCUT2D eigenvalue weighted by atomic mass is 9.97. The smallest absolute Gasteiger partial charge is 0.309 e. The van der Waals surface area contributed by atoms with Crippen molar-refractivity contribution in [1.82, 2.24) is 15.5 Å². The third-order valence-electron chi connectivity index (χ3n) is 3.69. The molecule has 0 atom stereocenters. The standard InChI is InChI=1S/C16H30N4O3.HI/c1-4-9-18-14(21)12-19-16(17-5-2)20-10-7-13(8-11-20)15(22)23-6-3;/h13H,4-12H2,1-3H3,(H,17,19)(H,18,21);1H. The molecule has 1 aliphatic rings. The largest absolute Gasteiger partial charge is 0.466 e. The van der Waals surface area contributed by atoms with Crippen LogP contribution in [0.3, 0.4) is 0 Å². The van der Waals surface area contributed by atoms with Crippen molar-refractivity contribution >= 4 is 41.8 Å². The van der Waals surface area contributed by atoms with E-state index in [1.807, 2.05) is 20.8 Å². The van der Waals surface area contributed by atoms with E-state index < -0.39 is 0 Å². The van der Waals surface area contributed by atoms with Crippen LogP contribution in [0.25, 0.3) is 0 Å². The fourth-order valence-corrected chi connectivity index (χ4v) is 2.48. The van der Waals surface area contributed by atoms with Gasteiger partial charge in [-0.3, -0.25) is 9.59 Å². The van der Waals surface area contributed by atoms with Gasteiger partial charge in [-0.05, 0) is 33.1 Å². The monoisotopic (exact) mass is 454 g/mol. The van der Waals surface area contributed by atoms with E-state index in [1.165, 1.54) is 0 Å². The van der Waals surface area contributed by atoms with Crippen LogP contribution in [0.5, 0.6) is 0 Å². The number of nitrogens with zero attached hydrogens (tertiary/aromatic N) is 2. The Labute approximate surface area is 162 Å². The number of nitrogens with one attached hydrogen (secondary N) is 2. The molecule has 0 aromatic rings. The number of hydrogen-bond acceptors (Lipinski definition) is 4. The Kier molecular flexibility index (Phi) is 12.7. The Morgan fingerprint density at radius 3 is 2.38 bits per heavy atom. The van der Waals surface area contributed by atoms with Crippen molar-refractivity contribution in [1.29, 1.82) is 0 Å². The second kappa shape index (κ2) is 13.3. The van der Waals surface area contributed by atoms with Gasteiger partial charge in [0.2, 0.25) is 5.91 Å². The van der Waals surface area contributed by atoms with Crippen molar-refractivity contribution in [2.75, 3.05) is 39.3 Å². The number of esters is 1. The predicted octanol–water partition coefficient (Wildman–Crippen LogP) is 1.37. The molecule has 1 amide bonds. The highest BCUT2D eigenvalue weighted by Gasteiger charge is 2.27. The van der Waals surface area contributed by atoms with Gasteiger partial charge in [0, 0.05) is 26.2 Å². The van der Waals surface area contributed by atoms with Crippen molar-refractivity contribution in [3.63, 3.8) is 0 Å². The fraction of sp³-hybridized carbons (Fsp3) is 0.812. The Hall–Kier alpha value is -1.06. The van der Waals surface area contributed by atoms with Gasteiger partial charge in [0.05, 0.1) is 12.5 Å². The van der Waals surface area contributed by atoms with Gasteiger partial charge in [0.1, 0.15) is 6.54 Å². The van der Waals surface area contributed by atoms with Gasteiger partial charge in [-0.1, -0.05) is 6.92 Å². The number of carbonyl (C=O) groups is 2. The molecule has 0 bridgehead atoms. The summed E-state index contributed by atoms with van der Waals surface area (Å²) in [6.07, 6.45) is 2.42. The summed E-state index contributed by atoms with van der Waals surface area (Å²) in [7, 11) is 0. The molecule has 0 spiro atoms. The number of piperidine rings is 1. The molecular formula is C16H31IN4O3. The van der Waals surface area contributed by atoms with Gasteiger partial charge in [-0.2, -0.15) is 0 Å². The maximum atomic E-state index is 11.8. The Morgan fingerprint density at radius 2 is 1.83 bits per heavy atom. The van der Waals surface area contributed by atoms with Crippen molar-refractivity contribution in [3.05, 3.63) is 0 Å².